The Hall–Kier alpha value is -2.54. The van der Waals surface area contributed by atoms with Crippen molar-refractivity contribution >= 4 is 5.69 Å². The van der Waals surface area contributed by atoms with E-state index >= 15 is 0 Å². The minimum Gasteiger partial charge on any atom is -0.489 e. The maximum Gasteiger partial charge on any atom is 0.129 e. The van der Waals surface area contributed by atoms with Crippen LogP contribution in [0.2, 0.25) is 0 Å². The first-order chi connectivity index (χ1) is 8.70. The first kappa shape index (κ1) is 11.9. The van der Waals surface area contributed by atoms with E-state index in [0.29, 0.717) is 22.6 Å². The van der Waals surface area contributed by atoms with Crippen LogP contribution in [0, 0.1) is 17.1 Å². The molecule has 0 fully saturated rings. The van der Waals surface area contributed by atoms with Crippen molar-refractivity contribution < 1.29 is 9.13 Å². The zero-order valence-electron chi connectivity index (χ0n) is 9.56. The average Bonchev–Trinajstić information content (AvgIpc) is 2.38. The Morgan fingerprint density at radius 3 is 2.67 bits per heavy atom. The van der Waals surface area contributed by atoms with E-state index in [2.05, 4.69) is 0 Å². The van der Waals surface area contributed by atoms with Crippen LogP contribution >= 0.6 is 0 Å². The largest absolute Gasteiger partial charge is 0.489 e. The topological polar surface area (TPSA) is 59.0 Å². The molecule has 0 spiro atoms. The number of hydrogen-bond donors (Lipinski definition) is 1. The van der Waals surface area contributed by atoms with E-state index in [4.69, 9.17) is 15.7 Å². The van der Waals surface area contributed by atoms with Gasteiger partial charge in [0, 0.05) is 11.6 Å². The summed E-state index contributed by atoms with van der Waals surface area (Å²) in [6.45, 7) is 0.123. The number of nitriles is 1. The third-order valence-corrected chi connectivity index (χ3v) is 2.50. The van der Waals surface area contributed by atoms with E-state index < -0.39 is 0 Å². The van der Waals surface area contributed by atoms with Gasteiger partial charge in [-0.15, -0.1) is 0 Å². The van der Waals surface area contributed by atoms with Crippen LogP contribution in [0.15, 0.2) is 42.5 Å². The van der Waals surface area contributed by atoms with Crippen molar-refractivity contribution in [3.05, 3.63) is 59.4 Å². The van der Waals surface area contributed by atoms with Gasteiger partial charge in [0.25, 0.3) is 0 Å². The molecule has 0 aliphatic heterocycles. The molecule has 18 heavy (non-hydrogen) atoms. The Morgan fingerprint density at radius 2 is 2.00 bits per heavy atom. The molecule has 0 saturated heterocycles. The summed E-state index contributed by atoms with van der Waals surface area (Å²) in [7, 11) is 0. The van der Waals surface area contributed by atoms with Gasteiger partial charge in [0.05, 0.1) is 11.3 Å². The van der Waals surface area contributed by atoms with Crippen LogP contribution < -0.4 is 10.5 Å². The molecule has 0 saturated carbocycles. The van der Waals surface area contributed by atoms with Gasteiger partial charge in [-0.05, 0) is 18.2 Å². The van der Waals surface area contributed by atoms with Gasteiger partial charge >= 0.3 is 0 Å². The lowest BCUT2D eigenvalue weighted by Crippen LogP contribution is -1.99. The maximum absolute atomic E-state index is 13.3. The summed E-state index contributed by atoms with van der Waals surface area (Å²) in [5, 5.41) is 8.73. The third kappa shape index (κ3) is 2.58. The normalized spacial score (nSPS) is 9.78. The van der Waals surface area contributed by atoms with Crippen LogP contribution in [0.25, 0.3) is 0 Å². The molecule has 4 heteroatoms. The predicted octanol–water partition coefficient (Wildman–Crippen LogP) is 2.86. The van der Waals surface area contributed by atoms with E-state index in [1.165, 1.54) is 6.07 Å². The zero-order valence-corrected chi connectivity index (χ0v) is 9.56. The van der Waals surface area contributed by atoms with Gasteiger partial charge in [0.2, 0.25) is 0 Å². The predicted molar refractivity (Wildman–Crippen MR) is 66.3 cm³/mol. The molecule has 2 N–H and O–H groups in total. The van der Waals surface area contributed by atoms with Crippen LogP contribution in [0.5, 0.6) is 5.75 Å². The molecule has 3 nitrogen and oxygen atoms in total. The van der Waals surface area contributed by atoms with Crippen molar-refractivity contribution in [1.29, 1.82) is 5.26 Å². The summed E-state index contributed by atoms with van der Waals surface area (Å²) >= 11 is 0. The van der Waals surface area contributed by atoms with E-state index in [1.807, 2.05) is 6.07 Å². The van der Waals surface area contributed by atoms with Crippen LogP contribution in [0.3, 0.4) is 0 Å². The molecule has 0 heterocycles. The summed E-state index contributed by atoms with van der Waals surface area (Å²) in [5.74, 6) is 0.203. The molecule has 0 radical (unpaired) electrons. The Morgan fingerprint density at radius 1 is 1.22 bits per heavy atom. The highest BCUT2D eigenvalue weighted by Crippen LogP contribution is 2.20. The van der Waals surface area contributed by atoms with Gasteiger partial charge in [-0.3, -0.25) is 0 Å². The molecule has 0 bridgehead atoms. The lowest BCUT2D eigenvalue weighted by molar-refractivity contribution is 0.300. The Balaban J connectivity index is 2.10. The fourth-order valence-corrected chi connectivity index (χ4v) is 1.51. The summed E-state index contributed by atoms with van der Waals surface area (Å²) in [4.78, 5) is 0. The number of hydrogen-bond acceptors (Lipinski definition) is 3. The number of anilines is 1. The number of halogens is 1. The number of rotatable bonds is 3. The molecule has 2 aromatic carbocycles. The first-order valence-electron chi connectivity index (χ1n) is 5.36. The number of ether oxygens (including phenoxy) is 1. The van der Waals surface area contributed by atoms with Crippen LogP contribution in [-0.4, -0.2) is 0 Å². The van der Waals surface area contributed by atoms with Crippen molar-refractivity contribution in [3.8, 4) is 11.8 Å². The van der Waals surface area contributed by atoms with Gasteiger partial charge in [0.15, 0.2) is 0 Å². The summed E-state index contributed by atoms with van der Waals surface area (Å²) < 4.78 is 18.8. The smallest absolute Gasteiger partial charge is 0.129 e. The summed E-state index contributed by atoms with van der Waals surface area (Å²) in [6.07, 6.45) is 0. The maximum atomic E-state index is 13.3. The Kier molecular flexibility index (Phi) is 3.44. The van der Waals surface area contributed by atoms with E-state index in [9.17, 15) is 4.39 Å². The number of nitrogens with two attached hydrogens (primary N) is 1. The molecule has 2 rings (SSSR count). The number of benzene rings is 2. The molecule has 0 aliphatic carbocycles. The molecular weight excluding hydrogens is 231 g/mol. The highest BCUT2D eigenvalue weighted by Gasteiger charge is 2.04. The Bertz CT molecular complexity index is 605. The van der Waals surface area contributed by atoms with E-state index in [0.717, 1.165) is 0 Å². The SMILES string of the molecule is N#Cc1ccc(OCc2ccccc2F)cc1N. The fraction of sp³-hybridized carbons (Fsp3) is 0.0714. The summed E-state index contributed by atoms with van der Waals surface area (Å²) in [5.41, 5.74) is 6.87. The van der Waals surface area contributed by atoms with Gasteiger partial charge < -0.3 is 10.5 Å². The van der Waals surface area contributed by atoms with Crippen molar-refractivity contribution in [1.82, 2.24) is 0 Å². The van der Waals surface area contributed by atoms with Crippen LogP contribution in [-0.2, 0) is 6.61 Å². The molecule has 2 aromatic rings. The van der Waals surface area contributed by atoms with Crippen LogP contribution in [0.4, 0.5) is 10.1 Å². The monoisotopic (exact) mass is 242 g/mol. The highest BCUT2D eigenvalue weighted by molar-refractivity contribution is 5.57. The molecule has 0 aromatic heterocycles. The lowest BCUT2D eigenvalue weighted by atomic mass is 10.2. The van der Waals surface area contributed by atoms with E-state index in [-0.39, 0.29) is 12.4 Å². The fourth-order valence-electron chi connectivity index (χ4n) is 1.51. The zero-order chi connectivity index (χ0) is 13.0. The van der Waals surface area contributed by atoms with Crippen molar-refractivity contribution in [3.63, 3.8) is 0 Å². The highest BCUT2D eigenvalue weighted by atomic mass is 19.1. The second kappa shape index (κ2) is 5.19. The molecule has 90 valence electrons. The van der Waals surface area contributed by atoms with Gasteiger partial charge in [-0.2, -0.15) is 5.26 Å². The minimum atomic E-state index is -0.306. The van der Waals surface area contributed by atoms with Crippen molar-refractivity contribution in [2.24, 2.45) is 0 Å². The lowest BCUT2D eigenvalue weighted by Gasteiger charge is -2.08. The van der Waals surface area contributed by atoms with Gasteiger partial charge in [-0.1, -0.05) is 18.2 Å². The summed E-state index contributed by atoms with van der Waals surface area (Å²) in [6, 6.07) is 13.1. The Labute approximate surface area is 104 Å². The quantitative estimate of drug-likeness (QED) is 0.842. The van der Waals surface area contributed by atoms with Crippen molar-refractivity contribution in [2.45, 2.75) is 6.61 Å². The number of nitrogens with zero attached hydrogens (tertiary/aromatic N) is 1. The molecule has 0 amide bonds. The third-order valence-electron chi connectivity index (χ3n) is 2.50. The second-order valence-corrected chi connectivity index (χ2v) is 3.74. The van der Waals surface area contributed by atoms with Crippen molar-refractivity contribution in [2.75, 3.05) is 5.73 Å². The molecule has 0 atom stereocenters. The first-order valence-corrected chi connectivity index (χ1v) is 5.36. The minimum absolute atomic E-state index is 0.123. The van der Waals surface area contributed by atoms with Gasteiger partial charge in [0.1, 0.15) is 24.2 Å². The average molecular weight is 242 g/mol. The molecule has 0 aliphatic rings. The second-order valence-electron chi connectivity index (χ2n) is 3.74. The number of nitrogen functional groups attached to an aromatic ring is 1. The molecular formula is C14H11FN2O. The molecule has 0 unspecified atom stereocenters. The van der Waals surface area contributed by atoms with Crippen LogP contribution in [0.1, 0.15) is 11.1 Å². The standard InChI is InChI=1S/C14H11FN2O/c15-13-4-2-1-3-11(13)9-18-12-6-5-10(8-16)14(17)7-12/h1-7H,9,17H2. The van der Waals surface area contributed by atoms with E-state index in [1.54, 1.807) is 36.4 Å². The van der Waals surface area contributed by atoms with Gasteiger partial charge in [-0.25, -0.2) is 4.39 Å².